The van der Waals surface area contributed by atoms with Gasteiger partial charge in [-0.1, -0.05) is 68.4 Å². The number of hydrogen-bond acceptors (Lipinski definition) is 5. The molecule has 4 N–H and O–H groups in total. The minimum atomic E-state index is -0.00485. The van der Waals surface area contributed by atoms with Crippen LogP contribution in [-0.4, -0.2) is 70.4 Å². The molecule has 198 valence electrons. The van der Waals surface area contributed by atoms with E-state index < -0.39 is 0 Å². The fourth-order valence-corrected chi connectivity index (χ4v) is 2.88. The van der Waals surface area contributed by atoms with Crippen molar-refractivity contribution in [3.8, 4) is 0 Å². The van der Waals surface area contributed by atoms with E-state index in [1.54, 1.807) is 0 Å². The van der Waals surface area contributed by atoms with Crippen LogP contribution in [0.5, 0.6) is 0 Å². The highest BCUT2D eigenvalue weighted by molar-refractivity contribution is 5.79. The van der Waals surface area contributed by atoms with Crippen molar-refractivity contribution in [1.82, 2.24) is 4.90 Å². The molecule has 0 bridgehead atoms. The van der Waals surface area contributed by atoms with Crippen molar-refractivity contribution in [1.29, 1.82) is 0 Å². The Hall–Kier alpha value is -0.950. The summed E-state index contributed by atoms with van der Waals surface area (Å²) < 4.78 is 12.1. The number of aliphatic imine (C=N–C) groups is 1. The molecule has 0 atom stereocenters. The monoisotopic (exact) mass is 470 g/mol. The lowest BCUT2D eigenvalue weighted by Crippen LogP contribution is -2.46. The third kappa shape index (κ3) is 18.1. The van der Waals surface area contributed by atoms with Crippen molar-refractivity contribution in [3.05, 3.63) is 12.7 Å². The molecule has 0 rings (SSSR count). The van der Waals surface area contributed by atoms with E-state index in [9.17, 15) is 0 Å². The van der Waals surface area contributed by atoms with Gasteiger partial charge >= 0.3 is 0 Å². The van der Waals surface area contributed by atoms with Gasteiger partial charge in [-0.05, 0) is 26.4 Å². The molecule has 0 aliphatic carbocycles. The number of hydrogen-bond donors (Lipinski definition) is 2. The van der Waals surface area contributed by atoms with Crippen molar-refractivity contribution in [2.75, 3.05) is 59.7 Å². The van der Waals surface area contributed by atoms with Gasteiger partial charge in [0.05, 0.1) is 32.3 Å². The van der Waals surface area contributed by atoms with Gasteiger partial charge in [-0.2, -0.15) is 0 Å². The molecule has 0 saturated carbocycles. The molecule has 0 amide bonds. The second-order valence-corrected chi connectivity index (χ2v) is 12.4. The highest BCUT2D eigenvalue weighted by atomic mass is 16.5. The van der Waals surface area contributed by atoms with Gasteiger partial charge in [0.1, 0.15) is 0 Å². The Balaban J connectivity index is 0. The van der Waals surface area contributed by atoms with Crippen molar-refractivity contribution in [2.24, 2.45) is 38.1 Å². The second-order valence-electron chi connectivity index (χ2n) is 12.4. The van der Waals surface area contributed by atoms with Gasteiger partial charge in [0.15, 0.2) is 0 Å². The van der Waals surface area contributed by atoms with E-state index in [-0.39, 0.29) is 21.7 Å². The molecule has 6 nitrogen and oxygen atoms in total. The first-order valence-electron chi connectivity index (χ1n) is 12.4. The maximum atomic E-state index is 6.03. The van der Waals surface area contributed by atoms with Crippen molar-refractivity contribution < 1.29 is 9.47 Å². The fourth-order valence-electron chi connectivity index (χ4n) is 2.88. The number of nitrogens with two attached hydrogens (primary N) is 2. The van der Waals surface area contributed by atoms with Crippen LogP contribution in [0, 0.1) is 21.7 Å². The average Bonchev–Trinajstić information content (AvgIpc) is 2.71. The van der Waals surface area contributed by atoms with Crippen LogP contribution < -0.4 is 11.5 Å². The summed E-state index contributed by atoms with van der Waals surface area (Å²) in [4.78, 5) is 6.81. The van der Waals surface area contributed by atoms with Gasteiger partial charge < -0.3 is 25.8 Å². The summed E-state index contributed by atoms with van der Waals surface area (Å²) in [7, 11) is 1.85. The summed E-state index contributed by atoms with van der Waals surface area (Å²) in [5.74, 6) is 1.04. The summed E-state index contributed by atoms with van der Waals surface area (Å²) in [6.45, 7) is 30.8. The third-order valence-electron chi connectivity index (χ3n) is 5.38. The Morgan fingerprint density at radius 3 is 1.33 bits per heavy atom. The van der Waals surface area contributed by atoms with E-state index in [1.807, 2.05) is 13.1 Å². The van der Waals surface area contributed by atoms with Crippen LogP contribution >= 0.6 is 0 Å². The number of amidine groups is 1. The SMILES string of the molecule is C=CCC.CN=C(C)N(CC(C)(C)COCC(C)(C)CN)CC(C)(C)COCC(C)(C)CN. The molecule has 0 radical (unpaired) electrons. The van der Waals surface area contributed by atoms with Crippen LogP contribution in [-0.2, 0) is 9.47 Å². The van der Waals surface area contributed by atoms with E-state index in [4.69, 9.17) is 20.9 Å². The van der Waals surface area contributed by atoms with Crippen LogP contribution in [0.15, 0.2) is 17.6 Å². The Morgan fingerprint density at radius 1 is 0.788 bits per heavy atom. The van der Waals surface area contributed by atoms with Gasteiger partial charge in [0.2, 0.25) is 0 Å². The van der Waals surface area contributed by atoms with E-state index >= 15 is 0 Å². The average molecular weight is 471 g/mol. The third-order valence-corrected chi connectivity index (χ3v) is 5.38. The molecule has 0 spiro atoms. The Morgan fingerprint density at radius 2 is 1.09 bits per heavy atom. The van der Waals surface area contributed by atoms with E-state index in [1.165, 1.54) is 0 Å². The van der Waals surface area contributed by atoms with Crippen LogP contribution in [0.3, 0.4) is 0 Å². The van der Waals surface area contributed by atoms with Crippen molar-refractivity contribution >= 4 is 5.84 Å². The maximum absolute atomic E-state index is 6.03. The highest BCUT2D eigenvalue weighted by Crippen LogP contribution is 2.25. The Bertz CT molecular complexity index is 518. The first-order chi connectivity index (χ1) is 15.0. The predicted octanol–water partition coefficient (Wildman–Crippen LogP) is 4.97. The standard InChI is InChI=1S/C23H50N4O2.C4H8/c1-19(26-10)27(13-22(6,7)17-28-15-20(2,3)11-24)14-23(8,9)18-29-16-21(4,5)12-25;1-3-4-2/h11-18,24-25H2,1-10H3;3H,1,4H2,2H3. The minimum Gasteiger partial charge on any atom is -0.380 e. The van der Waals surface area contributed by atoms with Gasteiger partial charge in [-0.15, -0.1) is 6.58 Å². The molecule has 0 aromatic rings. The number of allylic oxidation sites excluding steroid dienone is 1. The predicted molar refractivity (Wildman–Crippen MR) is 146 cm³/mol. The second kappa shape index (κ2) is 15.9. The summed E-state index contributed by atoms with van der Waals surface area (Å²) in [5.41, 5.74) is 11.6. The number of ether oxygens (including phenoxy) is 2. The molecule has 0 aliphatic heterocycles. The molecule has 0 saturated heterocycles. The smallest absolute Gasteiger partial charge is 0.0954 e. The first-order valence-corrected chi connectivity index (χ1v) is 12.4. The molecule has 0 aromatic heterocycles. The Kier molecular flexibility index (Phi) is 16.4. The zero-order chi connectivity index (χ0) is 26.3. The summed E-state index contributed by atoms with van der Waals surface area (Å²) >= 11 is 0. The Labute approximate surface area is 206 Å². The molecule has 0 heterocycles. The molecule has 0 aromatic carbocycles. The van der Waals surface area contributed by atoms with Crippen LogP contribution in [0.2, 0.25) is 0 Å². The quantitative estimate of drug-likeness (QED) is 0.200. The first kappa shape index (κ1) is 34.2. The van der Waals surface area contributed by atoms with Gasteiger partial charge in [0, 0.05) is 41.8 Å². The van der Waals surface area contributed by atoms with Gasteiger partial charge in [-0.25, -0.2) is 0 Å². The van der Waals surface area contributed by atoms with Crippen LogP contribution in [0.4, 0.5) is 0 Å². The molecule has 0 aliphatic rings. The van der Waals surface area contributed by atoms with Crippen molar-refractivity contribution in [2.45, 2.75) is 75.7 Å². The molecule has 0 unspecified atom stereocenters. The molecule has 6 heteroatoms. The maximum Gasteiger partial charge on any atom is 0.0954 e. The number of nitrogens with zero attached hydrogens (tertiary/aromatic N) is 2. The number of rotatable bonds is 15. The lowest BCUT2D eigenvalue weighted by molar-refractivity contribution is -0.00496. The van der Waals surface area contributed by atoms with E-state index in [0.717, 1.165) is 25.3 Å². The lowest BCUT2D eigenvalue weighted by Gasteiger charge is -2.39. The normalized spacial score (nSPS) is 13.4. The zero-order valence-electron chi connectivity index (χ0n) is 24.0. The minimum absolute atomic E-state index is 0.00485. The van der Waals surface area contributed by atoms with Crippen LogP contribution in [0.25, 0.3) is 0 Å². The molecule has 0 fully saturated rings. The van der Waals surface area contributed by atoms with Crippen molar-refractivity contribution in [3.63, 3.8) is 0 Å². The fraction of sp³-hybridized carbons (Fsp3) is 0.889. The summed E-state index contributed by atoms with van der Waals surface area (Å²) in [5, 5.41) is 0. The largest absolute Gasteiger partial charge is 0.380 e. The van der Waals surface area contributed by atoms with E-state index in [0.29, 0.717) is 39.5 Å². The zero-order valence-corrected chi connectivity index (χ0v) is 24.0. The molecular formula is C27H58N4O2. The molecule has 33 heavy (non-hydrogen) atoms. The lowest BCUT2D eigenvalue weighted by atomic mass is 9.89. The van der Waals surface area contributed by atoms with E-state index in [2.05, 4.69) is 85.7 Å². The highest BCUT2D eigenvalue weighted by Gasteiger charge is 2.29. The van der Waals surface area contributed by atoms with Gasteiger partial charge in [0.25, 0.3) is 0 Å². The van der Waals surface area contributed by atoms with Gasteiger partial charge in [-0.3, -0.25) is 4.99 Å². The summed E-state index contributed by atoms with van der Waals surface area (Å²) in [6, 6.07) is 0. The van der Waals surface area contributed by atoms with Crippen LogP contribution in [0.1, 0.15) is 75.7 Å². The summed E-state index contributed by atoms with van der Waals surface area (Å²) in [6.07, 6.45) is 2.96. The molecular weight excluding hydrogens is 412 g/mol. The topological polar surface area (TPSA) is 86.1 Å².